The number of halogens is 1. The van der Waals surface area contributed by atoms with Crippen LogP contribution in [0.1, 0.15) is 47.2 Å². The third-order valence-electron chi connectivity index (χ3n) is 6.48. The van der Waals surface area contributed by atoms with E-state index in [9.17, 15) is 10.2 Å². The van der Waals surface area contributed by atoms with E-state index in [4.69, 9.17) is 9.47 Å². The molecule has 3 aliphatic heterocycles. The van der Waals surface area contributed by atoms with Crippen LogP contribution in [0.25, 0.3) is 0 Å². The molecule has 1 aromatic heterocycles. The van der Waals surface area contributed by atoms with Gasteiger partial charge in [0.2, 0.25) is 6.79 Å². The highest BCUT2D eigenvalue weighted by molar-refractivity contribution is 9.10. The molecule has 2 aromatic carbocycles. The number of ether oxygens (including phenoxy) is 2. The van der Waals surface area contributed by atoms with Crippen molar-refractivity contribution in [1.29, 1.82) is 0 Å². The zero-order chi connectivity index (χ0) is 20.4. The van der Waals surface area contributed by atoms with Gasteiger partial charge in [-0.25, -0.2) is 0 Å². The van der Waals surface area contributed by atoms with E-state index in [1.807, 2.05) is 30.3 Å². The molecule has 4 heterocycles. The minimum atomic E-state index is -0.0514. The number of aromatic hydroxyl groups is 2. The summed E-state index contributed by atoms with van der Waals surface area (Å²) in [6.07, 6.45) is 2.08. The Morgan fingerprint density at radius 3 is 2.57 bits per heavy atom. The first-order chi connectivity index (χ1) is 14.6. The summed E-state index contributed by atoms with van der Waals surface area (Å²) in [5.74, 6) is 1.72. The average Bonchev–Trinajstić information content (AvgIpc) is 3.49. The first-order valence-electron chi connectivity index (χ1n) is 10.2. The molecule has 1 saturated heterocycles. The molecule has 154 valence electrons. The molecule has 0 radical (unpaired) electrons. The normalized spacial score (nSPS) is 21.8. The molecule has 0 spiro atoms. The molecular weight excluding hydrogens is 448 g/mol. The van der Waals surface area contributed by atoms with Gasteiger partial charge in [-0.15, -0.1) is 0 Å². The highest BCUT2D eigenvalue weighted by atomic mass is 79.9. The number of fused-ring (bicyclic) bond motifs is 4. The Labute approximate surface area is 182 Å². The SMILES string of the molecule is Oc1c2c(c(O)n1Cc1ccc3c(c1)OCO3)C(c1ccc(Br)cc1)N1CCCC21. The summed E-state index contributed by atoms with van der Waals surface area (Å²) in [6.45, 7) is 1.54. The van der Waals surface area contributed by atoms with Crippen LogP contribution in [-0.2, 0) is 6.54 Å². The average molecular weight is 469 g/mol. The van der Waals surface area contributed by atoms with E-state index in [1.165, 1.54) is 0 Å². The van der Waals surface area contributed by atoms with Crippen molar-refractivity contribution in [2.75, 3.05) is 13.3 Å². The molecule has 2 atom stereocenters. The topological polar surface area (TPSA) is 67.1 Å². The quantitative estimate of drug-likeness (QED) is 0.584. The Balaban J connectivity index is 1.44. The van der Waals surface area contributed by atoms with Gasteiger partial charge in [-0.3, -0.25) is 9.47 Å². The minimum absolute atomic E-state index is 0.0514. The van der Waals surface area contributed by atoms with E-state index in [-0.39, 0.29) is 30.6 Å². The Morgan fingerprint density at radius 2 is 1.73 bits per heavy atom. The fraction of sp³-hybridized carbons (Fsp3) is 0.304. The van der Waals surface area contributed by atoms with Gasteiger partial charge in [0, 0.05) is 21.6 Å². The summed E-state index contributed by atoms with van der Waals surface area (Å²) < 4.78 is 13.5. The largest absolute Gasteiger partial charge is 0.494 e. The second kappa shape index (κ2) is 6.68. The number of benzene rings is 2. The molecule has 6 rings (SSSR count). The molecule has 0 saturated carbocycles. The monoisotopic (exact) mass is 468 g/mol. The second-order valence-electron chi connectivity index (χ2n) is 8.10. The Kier molecular flexibility index (Phi) is 4.05. The minimum Gasteiger partial charge on any atom is -0.494 e. The first-order valence-corrected chi connectivity index (χ1v) is 10.9. The smallest absolute Gasteiger partial charge is 0.231 e. The lowest BCUT2D eigenvalue weighted by atomic mass is 9.99. The Morgan fingerprint density at radius 1 is 0.967 bits per heavy atom. The lowest BCUT2D eigenvalue weighted by Gasteiger charge is -2.26. The van der Waals surface area contributed by atoms with Gasteiger partial charge >= 0.3 is 0 Å². The molecule has 6 nitrogen and oxygen atoms in total. The van der Waals surface area contributed by atoms with Crippen LogP contribution in [0.2, 0.25) is 0 Å². The summed E-state index contributed by atoms with van der Waals surface area (Å²) in [5, 5.41) is 22.4. The molecule has 0 bridgehead atoms. The third-order valence-corrected chi connectivity index (χ3v) is 7.01. The van der Waals surface area contributed by atoms with Gasteiger partial charge in [0.05, 0.1) is 12.6 Å². The van der Waals surface area contributed by atoms with Gasteiger partial charge in [-0.2, -0.15) is 0 Å². The van der Waals surface area contributed by atoms with E-state index >= 15 is 0 Å². The van der Waals surface area contributed by atoms with E-state index in [0.717, 1.165) is 51.9 Å². The first kappa shape index (κ1) is 18.2. The number of rotatable bonds is 3. The van der Waals surface area contributed by atoms with Crippen LogP contribution in [0.4, 0.5) is 0 Å². The third kappa shape index (κ3) is 2.58. The van der Waals surface area contributed by atoms with Gasteiger partial charge in [-0.05, 0) is 54.8 Å². The fourth-order valence-corrected chi connectivity index (χ4v) is 5.44. The Bertz CT molecular complexity index is 1140. The van der Waals surface area contributed by atoms with Crippen LogP contribution < -0.4 is 9.47 Å². The van der Waals surface area contributed by atoms with Crippen LogP contribution in [0.5, 0.6) is 23.3 Å². The molecule has 3 aromatic rings. The van der Waals surface area contributed by atoms with Crippen molar-refractivity contribution in [3.8, 4) is 23.3 Å². The van der Waals surface area contributed by atoms with Crippen LogP contribution in [-0.4, -0.2) is 33.0 Å². The second-order valence-corrected chi connectivity index (χ2v) is 9.01. The van der Waals surface area contributed by atoms with Crippen molar-refractivity contribution >= 4 is 15.9 Å². The molecule has 1 fully saturated rings. The van der Waals surface area contributed by atoms with Crippen molar-refractivity contribution in [3.63, 3.8) is 0 Å². The van der Waals surface area contributed by atoms with E-state index < -0.39 is 0 Å². The predicted octanol–water partition coefficient (Wildman–Crippen LogP) is 4.68. The summed E-state index contributed by atoms with van der Waals surface area (Å²) in [6, 6.07) is 14.0. The number of hydrogen-bond acceptors (Lipinski definition) is 5. The highest BCUT2D eigenvalue weighted by Gasteiger charge is 2.47. The summed E-state index contributed by atoms with van der Waals surface area (Å²) in [7, 11) is 0. The summed E-state index contributed by atoms with van der Waals surface area (Å²) >= 11 is 3.50. The summed E-state index contributed by atoms with van der Waals surface area (Å²) in [4.78, 5) is 2.40. The van der Waals surface area contributed by atoms with Gasteiger partial charge in [0.25, 0.3) is 0 Å². The van der Waals surface area contributed by atoms with Crippen LogP contribution in [0.3, 0.4) is 0 Å². The van der Waals surface area contributed by atoms with E-state index in [2.05, 4.69) is 33.0 Å². The van der Waals surface area contributed by atoms with Crippen LogP contribution in [0.15, 0.2) is 46.9 Å². The molecule has 7 heteroatoms. The van der Waals surface area contributed by atoms with Crippen molar-refractivity contribution in [2.45, 2.75) is 31.5 Å². The van der Waals surface area contributed by atoms with Crippen molar-refractivity contribution < 1.29 is 19.7 Å². The molecule has 30 heavy (non-hydrogen) atoms. The maximum atomic E-state index is 11.2. The molecule has 0 aliphatic carbocycles. The van der Waals surface area contributed by atoms with E-state index in [1.54, 1.807) is 4.57 Å². The van der Waals surface area contributed by atoms with Gasteiger partial charge in [0.15, 0.2) is 23.3 Å². The molecule has 3 aliphatic rings. The number of hydrogen-bond donors (Lipinski definition) is 2. The Hall–Kier alpha value is -2.64. The fourth-order valence-electron chi connectivity index (χ4n) is 5.18. The molecule has 2 N–H and O–H groups in total. The van der Waals surface area contributed by atoms with Gasteiger partial charge in [-0.1, -0.05) is 34.1 Å². The van der Waals surface area contributed by atoms with Crippen molar-refractivity contribution in [2.24, 2.45) is 0 Å². The predicted molar refractivity (Wildman–Crippen MR) is 114 cm³/mol. The number of nitrogens with zero attached hydrogens (tertiary/aromatic N) is 2. The zero-order valence-corrected chi connectivity index (χ0v) is 17.8. The highest BCUT2D eigenvalue weighted by Crippen LogP contribution is 2.57. The lowest BCUT2D eigenvalue weighted by molar-refractivity contribution is 0.174. The van der Waals surface area contributed by atoms with Crippen molar-refractivity contribution in [1.82, 2.24) is 9.47 Å². The summed E-state index contributed by atoms with van der Waals surface area (Å²) in [5.41, 5.74) is 3.76. The standard InChI is InChI=1S/C23H21BrN2O4/c24-15-6-4-14(5-7-15)21-20-19(16-2-1-9-25(16)21)22(27)26(23(20)28)11-13-3-8-17-18(10-13)30-12-29-17/h3-8,10,16,21,27-28H,1-2,9,11-12H2. The molecule has 2 unspecified atom stereocenters. The zero-order valence-electron chi connectivity index (χ0n) is 16.2. The lowest BCUT2D eigenvalue weighted by Crippen LogP contribution is -2.23. The van der Waals surface area contributed by atoms with Crippen molar-refractivity contribution in [3.05, 3.63) is 69.2 Å². The van der Waals surface area contributed by atoms with Crippen LogP contribution in [0, 0.1) is 0 Å². The van der Waals surface area contributed by atoms with Crippen LogP contribution >= 0.6 is 15.9 Å². The maximum absolute atomic E-state index is 11.2. The van der Waals surface area contributed by atoms with E-state index in [0.29, 0.717) is 12.3 Å². The molecular formula is C23H21BrN2O4. The van der Waals surface area contributed by atoms with Gasteiger partial charge < -0.3 is 19.7 Å². The van der Waals surface area contributed by atoms with Gasteiger partial charge in [0.1, 0.15) is 0 Å². The maximum Gasteiger partial charge on any atom is 0.231 e. The number of aromatic nitrogens is 1. The molecule has 0 amide bonds.